The van der Waals surface area contributed by atoms with Crippen LogP contribution in [0.2, 0.25) is 0 Å². The van der Waals surface area contributed by atoms with E-state index in [4.69, 9.17) is 4.74 Å². The topological polar surface area (TPSA) is 69.4 Å². The third-order valence-corrected chi connectivity index (χ3v) is 11.6. The molecule has 5 nitrogen and oxygen atoms in total. The molecule has 6 heteroatoms. The number of cyclic esters (lactones) is 1. The zero-order valence-corrected chi connectivity index (χ0v) is 18.5. The summed E-state index contributed by atoms with van der Waals surface area (Å²) in [6.45, 7) is 0. The van der Waals surface area contributed by atoms with E-state index in [1.54, 1.807) is 0 Å². The van der Waals surface area contributed by atoms with E-state index in [2.05, 4.69) is 36.4 Å². The van der Waals surface area contributed by atoms with Gasteiger partial charge >= 0.3 is 187 Å². The summed E-state index contributed by atoms with van der Waals surface area (Å²) in [6, 6.07) is 29.4. The van der Waals surface area contributed by atoms with E-state index in [-0.39, 0.29) is 4.92 Å². The fourth-order valence-electron chi connectivity index (χ4n) is 5.37. The summed E-state index contributed by atoms with van der Waals surface area (Å²) in [5.74, 6) is -1.05. The number of nitro groups is 1. The summed E-state index contributed by atoms with van der Waals surface area (Å²) in [4.78, 5) is 24.9. The predicted octanol–water partition coefficient (Wildman–Crippen LogP) is 3.72. The molecular weight excluding hydrogens is 421 g/mol. The quantitative estimate of drug-likeness (QED) is 0.260. The van der Waals surface area contributed by atoms with Gasteiger partial charge in [0.25, 0.3) is 0 Å². The molecule has 162 valence electrons. The molecule has 0 spiro atoms. The molecule has 3 aromatic rings. The van der Waals surface area contributed by atoms with Crippen LogP contribution in [0.15, 0.2) is 102 Å². The standard InChI is InChI=1S/C26H24NO4P/c28-25-22-17-10-18-23(27(29)30)24(22)26(31-25)32(19-11-4-1-5-12-19,20-13-6-2-7-14-20)21-15-8-3-9-16-21/h1-9,11-16,23,26,32H,10,17-18H2. The van der Waals surface area contributed by atoms with Crippen molar-refractivity contribution < 1.29 is 14.5 Å². The van der Waals surface area contributed by atoms with Crippen LogP contribution in [0.1, 0.15) is 19.3 Å². The molecule has 2 atom stereocenters. The van der Waals surface area contributed by atoms with E-state index in [9.17, 15) is 14.9 Å². The summed E-state index contributed by atoms with van der Waals surface area (Å²) in [5, 5.41) is 15.3. The number of rotatable bonds is 5. The summed E-state index contributed by atoms with van der Waals surface area (Å²) in [5.41, 5.74) is 1.11. The Bertz CT molecular complexity index is 1080. The number of benzene rings is 3. The molecule has 0 amide bonds. The van der Waals surface area contributed by atoms with Gasteiger partial charge in [-0.2, -0.15) is 0 Å². The van der Waals surface area contributed by atoms with Gasteiger partial charge in [-0.05, 0) is 0 Å². The summed E-state index contributed by atoms with van der Waals surface area (Å²) in [7, 11) is -3.03. The minimum absolute atomic E-state index is 0.233. The van der Waals surface area contributed by atoms with Crippen LogP contribution < -0.4 is 15.9 Å². The fraction of sp³-hybridized carbons (Fsp3) is 0.192. The average molecular weight is 445 g/mol. The third kappa shape index (κ3) is 3.16. The molecule has 32 heavy (non-hydrogen) atoms. The molecule has 3 aromatic carbocycles. The molecule has 1 aliphatic heterocycles. The van der Waals surface area contributed by atoms with E-state index < -0.39 is 25.1 Å². The molecular formula is C26H24NO4P. The van der Waals surface area contributed by atoms with Crippen LogP contribution in [0.3, 0.4) is 0 Å². The number of carbonyl (C=O) groups excluding carboxylic acids is 1. The van der Waals surface area contributed by atoms with Gasteiger partial charge in [0.05, 0.1) is 0 Å². The van der Waals surface area contributed by atoms with E-state index >= 15 is 0 Å². The molecule has 1 heterocycles. The average Bonchev–Trinajstić information content (AvgIpc) is 3.18. The van der Waals surface area contributed by atoms with Gasteiger partial charge in [0.15, 0.2) is 0 Å². The van der Waals surface area contributed by atoms with Crippen molar-refractivity contribution >= 4 is 29.1 Å². The third-order valence-electron chi connectivity index (χ3n) is 6.70. The number of hydrogen-bond donors (Lipinski definition) is 0. The number of nitrogens with zero attached hydrogens (tertiary/aromatic N) is 1. The molecule has 2 aliphatic rings. The summed E-state index contributed by atoms with van der Waals surface area (Å²) < 4.78 is 6.16. The molecule has 0 bridgehead atoms. The van der Waals surface area contributed by atoms with Crippen molar-refractivity contribution in [1.82, 2.24) is 0 Å². The molecule has 1 aliphatic carbocycles. The van der Waals surface area contributed by atoms with Crippen LogP contribution in [0.5, 0.6) is 0 Å². The Morgan fingerprint density at radius 3 is 1.72 bits per heavy atom. The van der Waals surface area contributed by atoms with Crippen LogP contribution >= 0.6 is 7.26 Å². The second-order valence-corrected chi connectivity index (χ2v) is 12.2. The Morgan fingerprint density at radius 1 is 0.812 bits per heavy atom. The minimum atomic E-state index is -3.03. The van der Waals surface area contributed by atoms with Gasteiger partial charge in [-0.15, -0.1) is 0 Å². The van der Waals surface area contributed by atoms with Crippen LogP contribution in [0, 0.1) is 10.1 Å². The molecule has 0 saturated heterocycles. The normalized spacial score (nSPS) is 21.1. The molecule has 5 rings (SSSR count). The first-order valence-electron chi connectivity index (χ1n) is 10.9. The van der Waals surface area contributed by atoms with Crippen molar-refractivity contribution in [2.24, 2.45) is 0 Å². The van der Waals surface area contributed by atoms with Gasteiger partial charge in [0, 0.05) is 0 Å². The number of carbonyl (C=O) groups is 1. The summed E-state index contributed by atoms with van der Waals surface area (Å²) >= 11 is 0. The SMILES string of the molecule is O=C1OC([PH](c2ccccc2)(c2ccccc2)c2ccccc2)C2=C1CCCC2[N+](=O)[O-]. The van der Waals surface area contributed by atoms with Gasteiger partial charge < -0.3 is 0 Å². The first kappa shape index (κ1) is 20.6. The van der Waals surface area contributed by atoms with Crippen molar-refractivity contribution in [3.05, 3.63) is 112 Å². The Hall–Kier alpha value is -3.30. The predicted molar refractivity (Wildman–Crippen MR) is 128 cm³/mol. The number of ether oxygens (including phenoxy) is 1. The Morgan fingerprint density at radius 2 is 1.28 bits per heavy atom. The Labute approximate surface area is 187 Å². The maximum atomic E-state index is 13.0. The fourth-order valence-corrected chi connectivity index (χ4v) is 10.5. The second-order valence-electron chi connectivity index (χ2n) is 8.32. The van der Waals surface area contributed by atoms with Crippen LogP contribution in [-0.2, 0) is 9.53 Å². The zero-order valence-electron chi connectivity index (χ0n) is 17.5. The van der Waals surface area contributed by atoms with E-state index in [0.29, 0.717) is 30.4 Å². The molecule has 0 fully saturated rings. The Kier molecular flexibility index (Phi) is 5.36. The van der Waals surface area contributed by atoms with Crippen molar-refractivity contribution in [2.75, 3.05) is 0 Å². The maximum absolute atomic E-state index is 13.0. The molecule has 0 aromatic heterocycles. The monoisotopic (exact) mass is 445 g/mol. The van der Waals surface area contributed by atoms with Crippen molar-refractivity contribution in [1.29, 1.82) is 0 Å². The van der Waals surface area contributed by atoms with Gasteiger partial charge in [-0.1, -0.05) is 0 Å². The number of hydrogen-bond acceptors (Lipinski definition) is 4. The van der Waals surface area contributed by atoms with Gasteiger partial charge in [-0.25, -0.2) is 0 Å². The Balaban J connectivity index is 1.86. The molecule has 0 saturated carbocycles. The van der Waals surface area contributed by atoms with Crippen molar-refractivity contribution in [3.63, 3.8) is 0 Å². The van der Waals surface area contributed by atoms with Crippen molar-refractivity contribution in [3.8, 4) is 0 Å². The van der Waals surface area contributed by atoms with E-state index in [1.165, 1.54) is 0 Å². The van der Waals surface area contributed by atoms with Crippen molar-refractivity contribution in [2.45, 2.75) is 31.1 Å². The van der Waals surface area contributed by atoms with Gasteiger partial charge in [-0.3, -0.25) is 0 Å². The van der Waals surface area contributed by atoms with E-state index in [0.717, 1.165) is 15.9 Å². The number of esters is 1. The molecule has 2 unspecified atom stereocenters. The van der Waals surface area contributed by atoms with Crippen LogP contribution in [0.25, 0.3) is 0 Å². The van der Waals surface area contributed by atoms with Crippen LogP contribution in [0.4, 0.5) is 0 Å². The molecule has 0 N–H and O–H groups in total. The second kappa shape index (κ2) is 8.33. The first-order chi connectivity index (χ1) is 15.6. The van der Waals surface area contributed by atoms with Crippen LogP contribution in [-0.4, -0.2) is 22.8 Å². The zero-order chi connectivity index (χ0) is 22.1. The van der Waals surface area contributed by atoms with Gasteiger partial charge in [0.2, 0.25) is 0 Å². The first-order valence-corrected chi connectivity index (χ1v) is 13.0. The summed E-state index contributed by atoms with van der Waals surface area (Å²) in [6.07, 6.45) is 1.60. The molecule has 0 radical (unpaired) electrons. The van der Waals surface area contributed by atoms with E-state index in [1.807, 2.05) is 54.6 Å². The van der Waals surface area contributed by atoms with Gasteiger partial charge in [0.1, 0.15) is 0 Å².